The fourth-order valence-electron chi connectivity index (χ4n) is 1.55. The van der Waals surface area contributed by atoms with E-state index in [1.165, 1.54) is 0 Å². The molecule has 1 aromatic heterocycles. The standard InChI is InChI=1S/C12H20N2O/c1-5-13-10(3)9(2)11-7-6-8-12(14-11)15-4/h6-10,13H,5H2,1-4H3. The van der Waals surface area contributed by atoms with E-state index in [1.54, 1.807) is 7.11 Å². The molecule has 2 unspecified atom stereocenters. The third-order valence-corrected chi connectivity index (χ3v) is 2.70. The Balaban J connectivity index is 2.76. The molecule has 0 radical (unpaired) electrons. The van der Waals surface area contributed by atoms with Gasteiger partial charge in [0.2, 0.25) is 5.88 Å². The molecule has 0 aliphatic rings. The summed E-state index contributed by atoms with van der Waals surface area (Å²) in [5.74, 6) is 1.07. The molecule has 0 saturated carbocycles. The van der Waals surface area contributed by atoms with Gasteiger partial charge in [-0.05, 0) is 19.5 Å². The van der Waals surface area contributed by atoms with Gasteiger partial charge in [0, 0.05) is 23.7 Å². The molecular formula is C12H20N2O. The molecule has 1 heterocycles. The highest BCUT2D eigenvalue weighted by Crippen LogP contribution is 2.19. The average molecular weight is 208 g/mol. The van der Waals surface area contributed by atoms with Crippen molar-refractivity contribution < 1.29 is 4.74 Å². The fourth-order valence-corrected chi connectivity index (χ4v) is 1.55. The Morgan fingerprint density at radius 2 is 2.13 bits per heavy atom. The van der Waals surface area contributed by atoms with Crippen LogP contribution in [0.1, 0.15) is 32.4 Å². The molecule has 0 aliphatic carbocycles. The molecule has 1 aromatic rings. The lowest BCUT2D eigenvalue weighted by Crippen LogP contribution is -2.30. The number of rotatable bonds is 5. The second kappa shape index (κ2) is 5.71. The monoisotopic (exact) mass is 208 g/mol. The van der Waals surface area contributed by atoms with Gasteiger partial charge in [-0.25, -0.2) is 4.98 Å². The van der Waals surface area contributed by atoms with E-state index in [9.17, 15) is 0 Å². The van der Waals surface area contributed by atoms with Gasteiger partial charge >= 0.3 is 0 Å². The van der Waals surface area contributed by atoms with Gasteiger partial charge in [0.1, 0.15) is 0 Å². The van der Waals surface area contributed by atoms with E-state index in [0.29, 0.717) is 17.8 Å². The van der Waals surface area contributed by atoms with Gasteiger partial charge in [-0.15, -0.1) is 0 Å². The van der Waals surface area contributed by atoms with Crippen LogP contribution in [0.3, 0.4) is 0 Å². The van der Waals surface area contributed by atoms with Crippen LogP contribution in [0, 0.1) is 0 Å². The van der Waals surface area contributed by atoms with Gasteiger partial charge in [-0.2, -0.15) is 0 Å². The summed E-state index contributed by atoms with van der Waals surface area (Å²) in [6.45, 7) is 7.45. The highest BCUT2D eigenvalue weighted by atomic mass is 16.5. The summed E-state index contributed by atoms with van der Waals surface area (Å²) in [5.41, 5.74) is 1.07. The molecule has 0 aliphatic heterocycles. The molecule has 15 heavy (non-hydrogen) atoms. The van der Waals surface area contributed by atoms with Gasteiger partial charge in [-0.3, -0.25) is 0 Å². The second-order valence-corrected chi connectivity index (χ2v) is 3.74. The molecule has 1 N–H and O–H groups in total. The predicted octanol–water partition coefficient (Wildman–Crippen LogP) is 2.19. The minimum absolute atomic E-state index is 0.389. The fraction of sp³-hybridized carbons (Fsp3) is 0.583. The van der Waals surface area contributed by atoms with Gasteiger partial charge in [0.25, 0.3) is 0 Å². The maximum Gasteiger partial charge on any atom is 0.213 e. The zero-order valence-corrected chi connectivity index (χ0v) is 9.95. The first-order valence-electron chi connectivity index (χ1n) is 5.43. The van der Waals surface area contributed by atoms with E-state index in [1.807, 2.05) is 18.2 Å². The van der Waals surface area contributed by atoms with Gasteiger partial charge in [-0.1, -0.05) is 19.9 Å². The average Bonchev–Trinajstić information content (AvgIpc) is 2.28. The zero-order valence-electron chi connectivity index (χ0n) is 9.95. The van der Waals surface area contributed by atoms with Crippen LogP contribution in [-0.4, -0.2) is 24.7 Å². The minimum Gasteiger partial charge on any atom is -0.481 e. The van der Waals surface area contributed by atoms with Crippen LogP contribution in [0.2, 0.25) is 0 Å². The minimum atomic E-state index is 0.389. The first-order chi connectivity index (χ1) is 7.19. The Morgan fingerprint density at radius 3 is 2.73 bits per heavy atom. The zero-order chi connectivity index (χ0) is 11.3. The van der Waals surface area contributed by atoms with E-state index in [-0.39, 0.29) is 0 Å². The third kappa shape index (κ3) is 3.20. The largest absolute Gasteiger partial charge is 0.481 e. The van der Waals surface area contributed by atoms with E-state index in [2.05, 4.69) is 31.1 Å². The number of likely N-dealkylation sites (N-methyl/N-ethyl adjacent to an activating group) is 1. The molecule has 0 bridgehead atoms. The van der Waals surface area contributed by atoms with Crippen molar-refractivity contribution in [3.8, 4) is 5.88 Å². The molecule has 0 saturated heterocycles. The maximum atomic E-state index is 5.11. The summed E-state index contributed by atoms with van der Waals surface area (Å²) in [4.78, 5) is 4.43. The summed E-state index contributed by atoms with van der Waals surface area (Å²) in [5, 5.41) is 3.40. The molecular weight excluding hydrogens is 188 g/mol. The van der Waals surface area contributed by atoms with Crippen molar-refractivity contribution in [2.75, 3.05) is 13.7 Å². The Labute approximate surface area is 91.9 Å². The first-order valence-corrected chi connectivity index (χ1v) is 5.43. The Kier molecular flexibility index (Phi) is 4.56. The highest BCUT2D eigenvalue weighted by molar-refractivity contribution is 5.19. The van der Waals surface area contributed by atoms with Gasteiger partial charge in [0.15, 0.2) is 0 Å². The molecule has 2 atom stereocenters. The van der Waals surface area contributed by atoms with Crippen molar-refractivity contribution in [3.05, 3.63) is 23.9 Å². The van der Waals surface area contributed by atoms with Crippen LogP contribution >= 0.6 is 0 Å². The van der Waals surface area contributed by atoms with Crippen LogP contribution in [0.5, 0.6) is 5.88 Å². The molecule has 84 valence electrons. The second-order valence-electron chi connectivity index (χ2n) is 3.74. The summed E-state index contributed by atoms with van der Waals surface area (Å²) in [7, 11) is 1.64. The van der Waals surface area contributed by atoms with Crippen molar-refractivity contribution >= 4 is 0 Å². The molecule has 0 spiro atoms. The van der Waals surface area contributed by atoms with Crippen molar-refractivity contribution in [3.63, 3.8) is 0 Å². The molecule has 1 rings (SSSR count). The van der Waals surface area contributed by atoms with Crippen LogP contribution in [0.15, 0.2) is 18.2 Å². The smallest absolute Gasteiger partial charge is 0.213 e. The normalized spacial score (nSPS) is 14.7. The van der Waals surface area contributed by atoms with E-state index < -0.39 is 0 Å². The van der Waals surface area contributed by atoms with Gasteiger partial charge < -0.3 is 10.1 Å². The lowest BCUT2D eigenvalue weighted by molar-refractivity contribution is 0.392. The summed E-state index contributed by atoms with van der Waals surface area (Å²) < 4.78 is 5.11. The third-order valence-electron chi connectivity index (χ3n) is 2.70. The summed E-state index contributed by atoms with van der Waals surface area (Å²) >= 11 is 0. The Hall–Kier alpha value is -1.09. The number of ether oxygens (including phenoxy) is 1. The Morgan fingerprint density at radius 1 is 1.40 bits per heavy atom. The lowest BCUT2D eigenvalue weighted by Gasteiger charge is -2.20. The summed E-state index contributed by atoms with van der Waals surface area (Å²) in [6.07, 6.45) is 0. The SMILES string of the molecule is CCNC(C)C(C)c1cccc(OC)n1. The van der Waals surface area contributed by atoms with E-state index in [4.69, 9.17) is 4.74 Å². The van der Waals surface area contributed by atoms with Crippen LogP contribution < -0.4 is 10.1 Å². The summed E-state index contributed by atoms with van der Waals surface area (Å²) in [6, 6.07) is 6.32. The van der Waals surface area contributed by atoms with E-state index in [0.717, 1.165) is 12.2 Å². The van der Waals surface area contributed by atoms with Crippen LogP contribution in [0.4, 0.5) is 0 Å². The van der Waals surface area contributed by atoms with Crippen molar-refractivity contribution in [2.45, 2.75) is 32.7 Å². The number of hydrogen-bond donors (Lipinski definition) is 1. The highest BCUT2D eigenvalue weighted by Gasteiger charge is 2.14. The van der Waals surface area contributed by atoms with Crippen molar-refractivity contribution in [1.29, 1.82) is 0 Å². The van der Waals surface area contributed by atoms with Gasteiger partial charge in [0.05, 0.1) is 7.11 Å². The predicted molar refractivity (Wildman–Crippen MR) is 62.3 cm³/mol. The lowest BCUT2D eigenvalue weighted by atomic mass is 9.99. The molecule has 3 heteroatoms. The molecule has 0 amide bonds. The maximum absolute atomic E-state index is 5.11. The Bertz CT molecular complexity index is 301. The number of nitrogens with zero attached hydrogens (tertiary/aromatic N) is 1. The van der Waals surface area contributed by atoms with Crippen molar-refractivity contribution in [2.24, 2.45) is 0 Å². The number of pyridine rings is 1. The number of methoxy groups -OCH3 is 1. The van der Waals surface area contributed by atoms with Crippen LogP contribution in [0.25, 0.3) is 0 Å². The first kappa shape index (κ1) is 12.0. The number of hydrogen-bond acceptors (Lipinski definition) is 3. The van der Waals surface area contributed by atoms with Crippen molar-refractivity contribution in [1.82, 2.24) is 10.3 Å². The molecule has 3 nitrogen and oxygen atoms in total. The number of aromatic nitrogens is 1. The van der Waals surface area contributed by atoms with E-state index >= 15 is 0 Å². The number of nitrogens with one attached hydrogen (secondary N) is 1. The topological polar surface area (TPSA) is 34.1 Å². The molecule has 0 fully saturated rings. The van der Waals surface area contributed by atoms with Crippen LogP contribution in [-0.2, 0) is 0 Å². The molecule has 0 aromatic carbocycles. The quantitative estimate of drug-likeness (QED) is 0.805.